The first kappa shape index (κ1) is 20.8. The molecule has 1 aromatic carbocycles. The molecule has 2 aromatic rings. The number of hydrogen-bond donors (Lipinski definition) is 2. The summed E-state index contributed by atoms with van der Waals surface area (Å²) in [7, 11) is -3.74. The Hall–Kier alpha value is -3.05. The van der Waals surface area contributed by atoms with Crippen LogP contribution in [-0.4, -0.2) is 46.9 Å². The van der Waals surface area contributed by atoms with Crippen molar-refractivity contribution in [3.05, 3.63) is 47.3 Å². The molecule has 5 rings (SSSR count). The molecular formula is C21H23N5O5S. The maximum Gasteiger partial charge on any atom is 0.255 e. The van der Waals surface area contributed by atoms with Crippen LogP contribution in [-0.2, 0) is 32.7 Å². The molecule has 1 saturated carbocycles. The molecule has 0 bridgehead atoms. The SMILES string of the molecule is O=C1CCC(N2Cc3ccc(CNS(=O)(=O)c4cnn(C5CCC5)c4)cc3C2=O)C(=O)N1. The van der Waals surface area contributed by atoms with E-state index >= 15 is 0 Å². The van der Waals surface area contributed by atoms with Crippen LogP contribution < -0.4 is 10.0 Å². The number of piperidine rings is 1. The number of imide groups is 1. The summed E-state index contributed by atoms with van der Waals surface area (Å²) >= 11 is 0. The van der Waals surface area contributed by atoms with Gasteiger partial charge in [-0.2, -0.15) is 5.10 Å². The number of aromatic nitrogens is 2. The Morgan fingerprint density at radius 3 is 2.69 bits per heavy atom. The molecule has 2 N–H and O–H groups in total. The number of hydrogen-bond acceptors (Lipinski definition) is 6. The first-order valence-corrected chi connectivity index (χ1v) is 12.1. The summed E-state index contributed by atoms with van der Waals surface area (Å²) in [6.45, 7) is 0.308. The van der Waals surface area contributed by atoms with Crippen molar-refractivity contribution < 1.29 is 22.8 Å². The lowest BCUT2D eigenvalue weighted by Gasteiger charge is -2.29. The number of nitrogens with zero attached hydrogens (tertiary/aromatic N) is 3. The Labute approximate surface area is 185 Å². The van der Waals surface area contributed by atoms with Crippen LogP contribution in [0.15, 0.2) is 35.5 Å². The van der Waals surface area contributed by atoms with Gasteiger partial charge in [-0.05, 0) is 42.9 Å². The highest BCUT2D eigenvalue weighted by Gasteiger charge is 2.39. The summed E-state index contributed by atoms with van der Waals surface area (Å²) in [4.78, 5) is 38.0. The topological polar surface area (TPSA) is 130 Å². The van der Waals surface area contributed by atoms with Crippen molar-refractivity contribution in [1.29, 1.82) is 0 Å². The maximum atomic E-state index is 12.9. The molecular weight excluding hydrogens is 434 g/mol. The van der Waals surface area contributed by atoms with E-state index in [1.807, 2.05) is 0 Å². The van der Waals surface area contributed by atoms with Crippen molar-refractivity contribution in [2.75, 3.05) is 0 Å². The van der Waals surface area contributed by atoms with Crippen LogP contribution in [0, 0.1) is 0 Å². The maximum absolute atomic E-state index is 12.9. The highest BCUT2D eigenvalue weighted by Crippen LogP contribution is 2.31. The van der Waals surface area contributed by atoms with Gasteiger partial charge in [-0.25, -0.2) is 13.1 Å². The van der Waals surface area contributed by atoms with Gasteiger partial charge in [-0.15, -0.1) is 0 Å². The minimum atomic E-state index is -3.74. The van der Waals surface area contributed by atoms with Gasteiger partial charge in [0.2, 0.25) is 21.8 Å². The second-order valence-corrected chi connectivity index (χ2v) is 10.2. The second kappa shape index (κ2) is 7.82. The summed E-state index contributed by atoms with van der Waals surface area (Å²) in [5, 5.41) is 6.45. The number of fused-ring (bicyclic) bond motifs is 1. The van der Waals surface area contributed by atoms with Crippen molar-refractivity contribution in [1.82, 2.24) is 24.7 Å². The third-order valence-electron chi connectivity index (χ3n) is 6.40. The zero-order valence-corrected chi connectivity index (χ0v) is 18.1. The normalized spacial score (nSPS) is 21.4. The third-order valence-corrected chi connectivity index (χ3v) is 7.75. The van der Waals surface area contributed by atoms with Gasteiger partial charge in [-0.1, -0.05) is 12.1 Å². The van der Waals surface area contributed by atoms with Crippen LogP contribution in [0.3, 0.4) is 0 Å². The van der Waals surface area contributed by atoms with Crippen molar-refractivity contribution in [3.8, 4) is 0 Å². The highest BCUT2D eigenvalue weighted by atomic mass is 32.2. The molecule has 32 heavy (non-hydrogen) atoms. The largest absolute Gasteiger partial charge is 0.322 e. The van der Waals surface area contributed by atoms with Gasteiger partial charge < -0.3 is 4.90 Å². The van der Waals surface area contributed by atoms with E-state index in [2.05, 4.69) is 15.1 Å². The van der Waals surface area contributed by atoms with Crippen molar-refractivity contribution in [2.45, 2.75) is 62.2 Å². The summed E-state index contributed by atoms with van der Waals surface area (Å²) in [5.74, 6) is -1.08. The number of amides is 3. The minimum Gasteiger partial charge on any atom is -0.322 e. The number of sulfonamides is 1. The molecule has 2 fully saturated rings. The molecule has 168 valence electrons. The van der Waals surface area contributed by atoms with E-state index < -0.39 is 22.0 Å². The van der Waals surface area contributed by atoms with E-state index in [0.717, 1.165) is 24.8 Å². The molecule has 1 aliphatic carbocycles. The second-order valence-electron chi connectivity index (χ2n) is 8.46. The summed E-state index contributed by atoms with van der Waals surface area (Å²) in [5.41, 5.74) is 1.86. The van der Waals surface area contributed by atoms with Crippen LogP contribution in [0.25, 0.3) is 0 Å². The summed E-state index contributed by atoms with van der Waals surface area (Å²) in [6.07, 6.45) is 6.54. The van der Waals surface area contributed by atoms with Gasteiger partial charge in [0.15, 0.2) is 0 Å². The molecule has 1 atom stereocenters. The monoisotopic (exact) mass is 457 g/mol. The molecule has 2 aliphatic heterocycles. The lowest BCUT2D eigenvalue weighted by Crippen LogP contribution is -2.52. The van der Waals surface area contributed by atoms with Gasteiger partial charge in [0.1, 0.15) is 10.9 Å². The first-order valence-electron chi connectivity index (χ1n) is 10.6. The quantitative estimate of drug-likeness (QED) is 0.619. The smallest absolute Gasteiger partial charge is 0.255 e. The fourth-order valence-corrected chi connectivity index (χ4v) is 5.24. The number of rotatable bonds is 6. The van der Waals surface area contributed by atoms with Crippen molar-refractivity contribution in [2.24, 2.45) is 0 Å². The number of carbonyl (C=O) groups excluding carboxylic acids is 3. The van der Waals surface area contributed by atoms with E-state index in [4.69, 9.17) is 0 Å². The molecule has 11 heteroatoms. The average molecular weight is 458 g/mol. The molecule has 0 radical (unpaired) electrons. The van der Waals surface area contributed by atoms with Crippen molar-refractivity contribution >= 4 is 27.7 Å². The Kier molecular flexibility index (Phi) is 5.09. The Morgan fingerprint density at radius 1 is 1.16 bits per heavy atom. The molecule has 1 unspecified atom stereocenters. The summed E-state index contributed by atoms with van der Waals surface area (Å²) < 4.78 is 29.6. The first-order chi connectivity index (χ1) is 15.3. The van der Waals surface area contributed by atoms with Crippen LogP contribution >= 0.6 is 0 Å². The highest BCUT2D eigenvalue weighted by molar-refractivity contribution is 7.89. The molecule has 3 amide bonds. The predicted molar refractivity (Wildman–Crippen MR) is 112 cm³/mol. The summed E-state index contributed by atoms with van der Waals surface area (Å²) in [6, 6.07) is 4.79. The van der Waals surface area contributed by atoms with Gasteiger partial charge in [0.05, 0.1) is 12.2 Å². The van der Waals surface area contributed by atoms with E-state index in [1.54, 1.807) is 29.1 Å². The standard InChI is InChI=1S/C21H23N5O5S/c27-19-7-6-18(20(28)24-19)25-11-14-5-4-13(8-17(14)21(25)29)9-23-32(30,31)16-10-22-26(12-16)15-2-1-3-15/h4-5,8,10,12,15,18,23H,1-3,6-7,9,11H2,(H,24,27,28). The predicted octanol–water partition coefficient (Wildman–Crippen LogP) is 0.848. The van der Waals surface area contributed by atoms with Crippen LogP contribution in [0.4, 0.5) is 0 Å². The lowest BCUT2D eigenvalue weighted by atomic mass is 9.93. The van der Waals surface area contributed by atoms with Crippen LogP contribution in [0.1, 0.15) is 59.6 Å². The Balaban J connectivity index is 1.27. The molecule has 10 nitrogen and oxygen atoms in total. The molecule has 3 aliphatic rings. The van der Waals surface area contributed by atoms with E-state index in [0.29, 0.717) is 17.5 Å². The van der Waals surface area contributed by atoms with Gasteiger partial charge in [-0.3, -0.25) is 24.4 Å². The molecule has 0 spiro atoms. The average Bonchev–Trinajstić information content (AvgIpc) is 3.31. The van der Waals surface area contributed by atoms with E-state index in [9.17, 15) is 22.8 Å². The van der Waals surface area contributed by atoms with E-state index in [-0.39, 0.29) is 42.3 Å². The van der Waals surface area contributed by atoms with Gasteiger partial charge >= 0.3 is 0 Å². The fraction of sp³-hybridized carbons (Fsp3) is 0.429. The Morgan fingerprint density at radius 2 is 1.97 bits per heavy atom. The zero-order chi connectivity index (χ0) is 22.5. The molecule has 3 heterocycles. The number of benzene rings is 1. The molecule has 1 saturated heterocycles. The van der Waals surface area contributed by atoms with E-state index in [1.165, 1.54) is 11.1 Å². The van der Waals surface area contributed by atoms with Crippen LogP contribution in [0.5, 0.6) is 0 Å². The number of carbonyl (C=O) groups is 3. The zero-order valence-electron chi connectivity index (χ0n) is 17.3. The van der Waals surface area contributed by atoms with Crippen molar-refractivity contribution in [3.63, 3.8) is 0 Å². The Bertz CT molecular complexity index is 1220. The van der Waals surface area contributed by atoms with Gasteiger partial charge in [0, 0.05) is 31.3 Å². The van der Waals surface area contributed by atoms with Crippen LogP contribution in [0.2, 0.25) is 0 Å². The van der Waals surface area contributed by atoms with Gasteiger partial charge in [0.25, 0.3) is 5.91 Å². The molecule has 1 aromatic heterocycles. The lowest BCUT2D eigenvalue weighted by molar-refractivity contribution is -0.136. The fourth-order valence-electron chi connectivity index (χ4n) is 4.28. The number of nitrogens with one attached hydrogen (secondary N) is 2. The minimum absolute atomic E-state index is 0.0237. The third kappa shape index (κ3) is 3.71.